The fraction of sp³-hybridized carbons (Fsp3) is 0.926. The predicted octanol–water partition coefficient (Wildman–Crippen LogP) is 16.3. The Kier molecular flexibility index (Phi) is 43.5. The molecule has 61 heavy (non-hydrogen) atoms. The zero-order chi connectivity index (χ0) is 44.9. The summed E-state index contributed by atoms with van der Waals surface area (Å²) in [6.07, 6.45) is 47.0. The molecule has 360 valence electrons. The number of aliphatic carboxylic acids is 1. The standard InChI is InChI=1S/C54H104N2O5/c1-4-7-10-13-16-19-22-25-28-31-34-37-40-45-50(57)54(53(60)61,48-43-44-49-55)56(51(58)46-41-38-35-32-29-26-23-20-17-14-11-8-5-2)52(59)47-42-39-36-33-30-27-24-21-18-15-12-9-6-3/h4-49,55H2,1-3H3,(H,60,61)/t54-/m1/s1. The van der Waals surface area contributed by atoms with E-state index in [0.717, 1.165) is 62.7 Å². The Bertz CT molecular complexity index is 975. The molecule has 3 N–H and O–H groups in total. The Morgan fingerprint density at radius 3 is 0.852 bits per heavy atom. The van der Waals surface area contributed by atoms with Crippen LogP contribution in [-0.4, -0.2) is 45.7 Å². The molecule has 0 fully saturated rings. The van der Waals surface area contributed by atoms with Crippen molar-refractivity contribution in [3.05, 3.63) is 0 Å². The maximum Gasteiger partial charge on any atom is 0.337 e. The summed E-state index contributed by atoms with van der Waals surface area (Å²) in [6, 6.07) is 0. The van der Waals surface area contributed by atoms with E-state index in [1.165, 1.54) is 173 Å². The van der Waals surface area contributed by atoms with E-state index in [9.17, 15) is 24.3 Å². The second kappa shape index (κ2) is 44.8. The van der Waals surface area contributed by atoms with Crippen LogP contribution in [0.25, 0.3) is 0 Å². The largest absolute Gasteiger partial charge is 0.479 e. The van der Waals surface area contributed by atoms with E-state index >= 15 is 0 Å². The summed E-state index contributed by atoms with van der Waals surface area (Å²) in [7, 11) is 0. The van der Waals surface area contributed by atoms with Crippen LogP contribution < -0.4 is 5.73 Å². The predicted molar refractivity (Wildman–Crippen MR) is 261 cm³/mol. The van der Waals surface area contributed by atoms with Gasteiger partial charge in [-0.15, -0.1) is 0 Å². The number of hydrogen-bond donors (Lipinski definition) is 2. The van der Waals surface area contributed by atoms with E-state index in [1.54, 1.807) is 0 Å². The van der Waals surface area contributed by atoms with E-state index in [-0.39, 0.29) is 25.7 Å². The highest BCUT2D eigenvalue weighted by Gasteiger charge is 2.54. The molecule has 0 aromatic heterocycles. The van der Waals surface area contributed by atoms with Gasteiger partial charge in [-0.05, 0) is 45.1 Å². The number of amides is 2. The van der Waals surface area contributed by atoms with E-state index in [4.69, 9.17) is 5.73 Å². The van der Waals surface area contributed by atoms with E-state index in [1.807, 2.05) is 0 Å². The molecule has 0 aromatic rings. The minimum absolute atomic E-state index is 0.0640. The lowest BCUT2D eigenvalue weighted by molar-refractivity contribution is -0.172. The molecule has 0 aromatic carbocycles. The van der Waals surface area contributed by atoms with Crippen LogP contribution in [0.3, 0.4) is 0 Å². The van der Waals surface area contributed by atoms with Crippen molar-refractivity contribution in [3.63, 3.8) is 0 Å². The Labute approximate surface area is 379 Å². The first-order valence-electron chi connectivity index (χ1n) is 27.2. The zero-order valence-corrected chi connectivity index (χ0v) is 41.1. The van der Waals surface area contributed by atoms with Gasteiger partial charge in [0.15, 0.2) is 5.78 Å². The van der Waals surface area contributed by atoms with Crippen molar-refractivity contribution in [1.82, 2.24) is 4.90 Å². The van der Waals surface area contributed by atoms with E-state index in [0.29, 0.717) is 38.6 Å². The summed E-state index contributed by atoms with van der Waals surface area (Å²) < 4.78 is 0. The van der Waals surface area contributed by atoms with Gasteiger partial charge in [0.1, 0.15) is 0 Å². The quantitative estimate of drug-likeness (QED) is 0.0465. The summed E-state index contributed by atoms with van der Waals surface area (Å²) in [5, 5.41) is 10.9. The van der Waals surface area contributed by atoms with Gasteiger partial charge in [-0.25, -0.2) is 4.79 Å². The summed E-state index contributed by atoms with van der Waals surface area (Å²) in [5.74, 6) is -2.83. The van der Waals surface area contributed by atoms with Gasteiger partial charge in [-0.1, -0.05) is 252 Å². The van der Waals surface area contributed by atoms with Crippen LogP contribution in [0.2, 0.25) is 0 Å². The Morgan fingerprint density at radius 1 is 0.361 bits per heavy atom. The highest BCUT2D eigenvalue weighted by Crippen LogP contribution is 2.31. The normalized spacial score (nSPS) is 12.5. The van der Waals surface area contributed by atoms with Crippen LogP contribution in [0, 0.1) is 0 Å². The Hall–Kier alpha value is -1.76. The van der Waals surface area contributed by atoms with Crippen LogP contribution in [0.1, 0.15) is 310 Å². The van der Waals surface area contributed by atoms with Crippen molar-refractivity contribution in [2.24, 2.45) is 5.73 Å². The van der Waals surface area contributed by atoms with Crippen LogP contribution in [0.15, 0.2) is 0 Å². The van der Waals surface area contributed by atoms with Crippen LogP contribution in [0.5, 0.6) is 0 Å². The minimum atomic E-state index is -2.16. The number of carbonyl (C=O) groups is 4. The molecule has 0 bridgehead atoms. The SMILES string of the molecule is CCCCCCCCCCCCCCCC(=O)N(C(=O)CCCCCCCCCCCCCCC)[C@@](CCCCN)(C(=O)O)C(=O)CCCCCCCCCCCCCCC. The zero-order valence-electron chi connectivity index (χ0n) is 41.1. The third kappa shape index (κ3) is 32.5. The molecule has 7 nitrogen and oxygen atoms in total. The molecule has 0 rings (SSSR count). The summed E-state index contributed by atoms with van der Waals surface area (Å²) >= 11 is 0. The van der Waals surface area contributed by atoms with Crippen molar-refractivity contribution >= 4 is 23.6 Å². The van der Waals surface area contributed by atoms with Crippen molar-refractivity contribution in [3.8, 4) is 0 Å². The van der Waals surface area contributed by atoms with Gasteiger partial charge in [-0.3, -0.25) is 19.3 Å². The van der Waals surface area contributed by atoms with Gasteiger partial charge < -0.3 is 10.8 Å². The fourth-order valence-electron chi connectivity index (χ4n) is 9.11. The second-order valence-corrected chi connectivity index (χ2v) is 18.9. The lowest BCUT2D eigenvalue weighted by atomic mass is 9.82. The van der Waals surface area contributed by atoms with Gasteiger partial charge in [0.25, 0.3) is 0 Å². The fourth-order valence-corrected chi connectivity index (χ4v) is 9.11. The van der Waals surface area contributed by atoms with E-state index < -0.39 is 29.1 Å². The number of ketones is 1. The number of Topliss-reactive ketones (excluding diaryl/α,β-unsaturated/α-hetero) is 1. The summed E-state index contributed by atoms with van der Waals surface area (Å²) in [5.41, 5.74) is 3.68. The van der Waals surface area contributed by atoms with Crippen LogP contribution >= 0.6 is 0 Å². The number of carbonyl (C=O) groups excluding carboxylic acids is 3. The third-order valence-corrected chi connectivity index (χ3v) is 13.2. The second-order valence-electron chi connectivity index (χ2n) is 18.9. The third-order valence-electron chi connectivity index (χ3n) is 13.2. The molecule has 0 heterocycles. The van der Waals surface area contributed by atoms with Crippen LogP contribution in [-0.2, 0) is 19.2 Å². The number of carboxylic acid groups (broad SMARTS) is 1. The van der Waals surface area contributed by atoms with Crippen molar-refractivity contribution in [2.45, 2.75) is 315 Å². The van der Waals surface area contributed by atoms with Crippen molar-refractivity contribution in [2.75, 3.05) is 6.54 Å². The smallest absolute Gasteiger partial charge is 0.337 e. The molecular weight excluding hydrogens is 757 g/mol. The molecule has 2 amide bonds. The minimum Gasteiger partial charge on any atom is -0.479 e. The molecule has 0 unspecified atom stereocenters. The molecule has 0 aliphatic rings. The topological polar surface area (TPSA) is 118 Å². The first-order chi connectivity index (χ1) is 29.8. The number of nitrogens with zero attached hydrogens (tertiary/aromatic N) is 1. The highest BCUT2D eigenvalue weighted by atomic mass is 16.4. The molecule has 7 heteroatoms. The molecule has 0 radical (unpaired) electrons. The van der Waals surface area contributed by atoms with Gasteiger partial charge in [0, 0.05) is 19.3 Å². The highest BCUT2D eigenvalue weighted by molar-refractivity contribution is 6.15. The molecule has 1 atom stereocenters. The first-order valence-corrected chi connectivity index (χ1v) is 27.2. The molecular formula is C54H104N2O5. The van der Waals surface area contributed by atoms with Crippen molar-refractivity contribution < 1.29 is 24.3 Å². The lowest BCUT2D eigenvalue weighted by Gasteiger charge is -2.38. The van der Waals surface area contributed by atoms with E-state index in [2.05, 4.69) is 20.8 Å². The molecule has 0 aliphatic heterocycles. The maximum atomic E-state index is 14.3. The maximum absolute atomic E-state index is 14.3. The Morgan fingerprint density at radius 2 is 0.607 bits per heavy atom. The molecule has 0 saturated carbocycles. The Balaban J connectivity index is 5.37. The average molecular weight is 861 g/mol. The van der Waals surface area contributed by atoms with Gasteiger partial charge in [0.05, 0.1) is 0 Å². The summed E-state index contributed by atoms with van der Waals surface area (Å²) in [4.78, 5) is 57.0. The monoisotopic (exact) mass is 861 g/mol. The van der Waals surface area contributed by atoms with Gasteiger partial charge in [-0.2, -0.15) is 0 Å². The lowest BCUT2D eigenvalue weighted by Crippen LogP contribution is -2.64. The number of nitrogens with two attached hydrogens (primary N) is 1. The number of unbranched alkanes of at least 4 members (excludes halogenated alkanes) is 37. The first kappa shape index (κ1) is 59.2. The average Bonchev–Trinajstić information content (AvgIpc) is 3.25. The number of imide groups is 1. The molecule has 0 spiro atoms. The van der Waals surface area contributed by atoms with Gasteiger partial charge >= 0.3 is 5.97 Å². The van der Waals surface area contributed by atoms with Gasteiger partial charge in [0.2, 0.25) is 17.4 Å². The number of rotatable bonds is 49. The van der Waals surface area contributed by atoms with Crippen LogP contribution in [0.4, 0.5) is 0 Å². The number of carboxylic acids is 1. The number of hydrogen-bond acceptors (Lipinski definition) is 5. The molecule has 0 saturated heterocycles. The molecule has 0 aliphatic carbocycles. The van der Waals surface area contributed by atoms with Crippen molar-refractivity contribution in [1.29, 1.82) is 0 Å². The summed E-state index contributed by atoms with van der Waals surface area (Å²) in [6.45, 7) is 7.12.